The highest BCUT2D eigenvalue weighted by Crippen LogP contribution is 2.30. The van der Waals surface area contributed by atoms with Gasteiger partial charge in [0.1, 0.15) is 11.6 Å². The smallest absolute Gasteiger partial charge is 0.354 e. The molecule has 0 unspecified atom stereocenters. The van der Waals surface area contributed by atoms with Gasteiger partial charge in [0.05, 0.1) is 34.0 Å². The summed E-state index contributed by atoms with van der Waals surface area (Å²) in [6.07, 6.45) is 0. The number of aromatic nitrogens is 3. The fourth-order valence-corrected chi connectivity index (χ4v) is 5.16. The number of aryl methyl sites for hydroxylation is 1. The van der Waals surface area contributed by atoms with E-state index in [2.05, 4.69) is 9.97 Å². The Bertz CT molecular complexity index is 1630. The molecule has 176 valence electrons. The van der Waals surface area contributed by atoms with E-state index in [9.17, 15) is 27.5 Å². The number of pyridine rings is 1. The second-order valence-corrected chi connectivity index (χ2v) is 9.78. The van der Waals surface area contributed by atoms with Crippen molar-refractivity contribution in [3.05, 3.63) is 80.6 Å². The van der Waals surface area contributed by atoms with E-state index >= 15 is 0 Å². The molecule has 0 aliphatic carbocycles. The van der Waals surface area contributed by atoms with Crippen molar-refractivity contribution in [3.63, 3.8) is 0 Å². The first kappa shape index (κ1) is 23.5. The van der Waals surface area contributed by atoms with Gasteiger partial charge in [0.25, 0.3) is 0 Å². The summed E-state index contributed by atoms with van der Waals surface area (Å²) in [4.78, 5) is 30.6. The zero-order valence-corrected chi connectivity index (χ0v) is 19.4. The minimum atomic E-state index is -4.11. The number of fused-ring (bicyclic) bond motifs is 1. The third kappa shape index (κ3) is 4.03. The monoisotopic (exact) mass is 505 g/mol. The molecule has 0 aliphatic heterocycles. The lowest BCUT2D eigenvalue weighted by Crippen LogP contribution is -2.17. The largest absolute Gasteiger partial charge is 0.496 e. The van der Waals surface area contributed by atoms with Crippen molar-refractivity contribution in [1.29, 1.82) is 0 Å². The Hall–Kier alpha value is -3.70. The molecular weight excluding hydrogens is 489 g/mol. The van der Waals surface area contributed by atoms with Crippen LogP contribution in [-0.4, -0.2) is 41.1 Å². The number of sulfone groups is 1. The van der Waals surface area contributed by atoms with E-state index in [4.69, 9.17) is 16.3 Å². The highest BCUT2D eigenvalue weighted by molar-refractivity contribution is 7.90. The Labute approximate surface area is 197 Å². The highest BCUT2D eigenvalue weighted by atomic mass is 35.5. The van der Waals surface area contributed by atoms with Crippen LogP contribution in [0.3, 0.4) is 0 Å². The van der Waals surface area contributed by atoms with E-state index in [1.165, 1.54) is 37.4 Å². The number of rotatable bonds is 6. The Morgan fingerprint density at radius 3 is 2.68 bits per heavy atom. The first-order chi connectivity index (χ1) is 16.0. The van der Waals surface area contributed by atoms with Crippen molar-refractivity contribution >= 4 is 38.6 Å². The van der Waals surface area contributed by atoms with Crippen molar-refractivity contribution in [1.82, 2.24) is 14.5 Å². The lowest BCUT2D eigenvalue weighted by molar-refractivity contribution is 0.0690. The Kier molecular flexibility index (Phi) is 5.92. The van der Waals surface area contributed by atoms with Crippen molar-refractivity contribution in [3.8, 4) is 11.4 Å². The maximum absolute atomic E-state index is 14.3. The van der Waals surface area contributed by atoms with Gasteiger partial charge in [-0.05, 0) is 48.9 Å². The maximum Gasteiger partial charge on any atom is 0.354 e. The van der Waals surface area contributed by atoms with Gasteiger partial charge in [-0.25, -0.2) is 31.9 Å². The van der Waals surface area contributed by atoms with Gasteiger partial charge in [-0.2, -0.15) is 0 Å². The van der Waals surface area contributed by atoms with Crippen molar-refractivity contribution in [2.24, 2.45) is 0 Å². The summed E-state index contributed by atoms with van der Waals surface area (Å²) >= 11 is 6.29. The number of H-pyrrole nitrogens is 1. The molecule has 0 saturated heterocycles. The van der Waals surface area contributed by atoms with Crippen LogP contribution < -0.4 is 10.4 Å². The average molecular weight is 506 g/mol. The molecule has 2 heterocycles. The molecule has 0 amide bonds. The lowest BCUT2D eigenvalue weighted by atomic mass is 10.2. The number of carboxylic acid groups (broad SMARTS) is 1. The van der Waals surface area contributed by atoms with Gasteiger partial charge in [-0.3, -0.25) is 0 Å². The summed E-state index contributed by atoms with van der Waals surface area (Å²) in [5, 5.41) is 9.36. The van der Waals surface area contributed by atoms with E-state index in [-0.39, 0.29) is 43.8 Å². The summed E-state index contributed by atoms with van der Waals surface area (Å²) in [5.41, 5.74) is -0.484. The van der Waals surface area contributed by atoms with E-state index < -0.39 is 33.1 Å². The van der Waals surface area contributed by atoms with E-state index in [1.54, 1.807) is 6.92 Å². The molecule has 0 saturated carbocycles. The average Bonchev–Trinajstić information content (AvgIpc) is 3.11. The molecular formula is C22H17ClFN3O6S. The summed E-state index contributed by atoms with van der Waals surface area (Å²) in [6.45, 7) is 1.60. The molecule has 0 bridgehead atoms. The number of nitrogens with zero attached hydrogens (tertiary/aromatic N) is 2. The fourth-order valence-electron chi connectivity index (χ4n) is 3.57. The summed E-state index contributed by atoms with van der Waals surface area (Å²) < 4.78 is 46.7. The molecule has 2 N–H and O–H groups in total. The Balaban J connectivity index is 1.89. The van der Waals surface area contributed by atoms with E-state index in [0.717, 1.165) is 16.7 Å². The molecule has 9 nitrogen and oxygen atoms in total. The molecule has 34 heavy (non-hydrogen) atoms. The number of methoxy groups -OCH3 is 1. The van der Waals surface area contributed by atoms with Gasteiger partial charge in [-0.15, -0.1) is 0 Å². The van der Waals surface area contributed by atoms with Crippen LogP contribution in [0.15, 0.2) is 52.2 Å². The number of halogens is 2. The Morgan fingerprint density at radius 1 is 1.26 bits per heavy atom. The molecule has 0 atom stereocenters. The molecule has 0 radical (unpaired) electrons. The lowest BCUT2D eigenvalue weighted by Gasteiger charge is -2.12. The van der Waals surface area contributed by atoms with E-state index in [0.29, 0.717) is 5.56 Å². The van der Waals surface area contributed by atoms with Crippen LogP contribution in [0, 0.1) is 12.7 Å². The van der Waals surface area contributed by atoms with Gasteiger partial charge in [0.15, 0.2) is 21.2 Å². The first-order valence-corrected chi connectivity index (χ1v) is 11.8. The molecule has 4 rings (SSSR count). The molecule has 12 heteroatoms. The van der Waals surface area contributed by atoms with Crippen LogP contribution in [-0.2, 0) is 15.6 Å². The number of aromatic carboxylic acids is 1. The predicted octanol–water partition coefficient (Wildman–Crippen LogP) is 3.50. The molecule has 0 fully saturated rings. The summed E-state index contributed by atoms with van der Waals surface area (Å²) in [7, 11) is -2.81. The second kappa shape index (κ2) is 8.58. The molecule has 4 aromatic rings. The van der Waals surface area contributed by atoms with E-state index in [1.807, 2.05) is 0 Å². The SMILES string of the molecule is COc1cccc(F)c1CS(=O)(=O)c1ccc(Cl)c(-n2c(=O)[nH]c3c(C)cc(C(=O)O)nc32)c1. The van der Waals surface area contributed by atoms with Gasteiger partial charge in [-0.1, -0.05) is 17.7 Å². The number of imidazole rings is 1. The quantitative estimate of drug-likeness (QED) is 0.410. The van der Waals surface area contributed by atoms with Crippen LogP contribution in [0.5, 0.6) is 5.75 Å². The molecule has 2 aromatic carbocycles. The highest BCUT2D eigenvalue weighted by Gasteiger charge is 2.24. The van der Waals surface area contributed by atoms with Crippen molar-refractivity contribution in [2.45, 2.75) is 17.6 Å². The van der Waals surface area contributed by atoms with Crippen molar-refractivity contribution < 1.29 is 27.4 Å². The Morgan fingerprint density at radius 2 is 2.00 bits per heavy atom. The molecule has 2 aromatic heterocycles. The van der Waals surface area contributed by atoms with Crippen LogP contribution in [0.2, 0.25) is 5.02 Å². The zero-order valence-electron chi connectivity index (χ0n) is 17.8. The zero-order chi connectivity index (χ0) is 24.8. The summed E-state index contributed by atoms with van der Waals surface area (Å²) in [5.74, 6) is -2.67. The van der Waals surface area contributed by atoms with Crippen LogP contribution in [0.4, 0.5) is 4.39 Å². The standard InChI is InChI=1S/C22H17ClFN3O6S/c1-11-8-16(21(28)29)25-20-19(11)26-22(30)27(20)17-9-12(6-7-14(17)23)34(31,32)10-13-15(24)4-3-5-18(13)33-2/h3-9H,10H2,1-2H3,(H,26,30)(H,28,29). The number of benzene rings is 2. The minimum absolute atomic E-state index is 0.0191. The number of carboxylic acids is 1. The number of carbonyl (C=O) groups is 1. The fraction of sp³-hybridized carbons (Fsp3) is 0.136. The summed E-state index contributed by atoms with van der Waals surface area (Å²) in [6, 6.07) is 8.94. The van der Waals surface area contributed by atoms with Gasteiger partial charge < -0.3 is 14.8 Å². The number of ether oxygens (including phenoxy) is 1. The van der Waals surface area contributed by atoms with Crippen LogP contribution in [0.25, 0.3) is 16.9 Å². The minimum Gasteiger partial charge on any atom is -0.496 e. The van der Waals surface area contributed by atoms with Crippen LogP contribution in [0.1, 0.15) is 21.6 Å². The first-order valence-electron chi connectivity index (χ1n) is 9.73. The topological polar surface area (TPSA) is 131 Å². The third-order valence-corrected chi connectivity index (χ3v) is 7.17. The number of hydrogen-bond acceptors (Lipinski definition) is 6. The number of nitrogens with one attached hydrogen (secondary N) is 1. The van der Waals surface area contributed by atoms with Gasteiger partial charge in [0, 0.05) is 5.56 Å². The van der Waals surface area contributed by atoms with Crippen LogP contribution >= 0.6 is 11.6 Å². The number of hydrogen-bond donors (Lipinski definition) is 2. The number of aromatic amines is 1. The molecule has 0 spiro atoms. The normalized spacial score (nSPS) is 11.6. The third-order valence-electron chi connectivity index (χ3n) is 5.21. The predicted molar refractivity (Wildman–Crippen MR) is 122 cm³/mol. The van der Waals surface area contributed by atoms with Gasteiger partial charge >= 0.3 is 11.7 Å². The maximum atomic E-state index is 14.3. The van der Waals surface area contributed by atoms with Crippen molar-refractivity contribution in [2.75, 3.05) is 7.11 Å². The van der Waals surface area contributed by atoms with Gasteiger partial charge in [0.2, 0.25) is 0 Å². The molecule has 0 aliphatic rings. The second-order valence-electron chi connectivity index (χ2n) is 7.39.